The second-order valence-corrected chi connectivity index (χ2v) is 3.39. The average Bonchev–Trinajstić information content (AvgIpc) is 2.41. The Labute approximate surface area is 65.3 Å². The fourth-order valence-corrected chi connectivity index (χ4v) is 2.30. The van der Waals surface area contributed by atoms with Crippen molar-refractivity contribution < 1.29 is 4.92 Å². The lowest BCUT2D eigenvalue weighted by atomic mass is 10.1. The first-order chi connectivity index (χ1) is 5.29. The van der Waals surface area contributed by atoms with Gasteiger partial charge in [-0.3, -0.25) is 15.0 Å². The van der Waals surface area contributed by atoms with Crippen LogP contribution in [0.5, 0.6) is 0 Å². The summed E-state index contributed by atoms with van der Waals surface area (Å²) in [6.07, 6.45) is 2.94. The molecule has 2 unspecified atom stereocenters. The standard InChI is InChI=1S/C7H12N2O2/c10-9(11)7-3-5-8-4-1-2-6(7)8/h6-7H,1-5H2. The van der Waals surface area contributed by atoms with Gasteiger partial charge in [0, 0.05) is 17.9 Å². The highest BCUT2D eigenvalue weighted by molar-refractivity contribution is 4.91. The van der Waals surface area contributed by atoms with Crippen molar-refractivity contribution in [2.24, 2.45) is 0 Å². The molecule has 11 heavy (non-hydrogen) atoms. The zero-order valence-electron chi connectivity index (χ0n) is 6.40. The molecule has 2 saturated heterocycles. The van der Waals surface area contributed by atoms with Gasteiger partial charge in [0.05, 0.1) is 6.04 Å². The van der Waals surface area contributed by atoms with Gasteiger partial charge < -0.3 is 0 Å². The molecule has 0 saturated carbocycles. The summed E-state index contributed by atoms with van der Waals surface area (Å²) < 4.78 is 0. The number of hydrogen-bond acceptors (Lipinski definition) is 3. The number of hydrogen-bond donors (Lipinski definition) is 0. The SMILES string of the molecule is O=[N+]([O-])C1CCN2CCCC12. The Morgan fingerprint density at radius 2 is 2.18 bits per heavy atom. The monoisotopic (exact) mass is 156 g/mol. The van der Waals surface area contributed by atoms with E-state index in [1.54, 1.807) is 0 Å². The molecule has 2 rings (SSSR count). The van der Waals surface area contributed by atoms with E-state index in [0.717, 1.165) is 32.4 Å². The van der Waals surface area contributed by atoms with Crippen molar-refractivity contribution in [3.63, 3.8) is 0 Å². The smallest absolute Gasteiger partial charge is 0.229 e. The zero-order valence-corrected chi connectivity index (χ0v) is 6.40. The molecular formula is C7H12N2O2. The van der Waals surface area contributed by atoms with Gasteiger partial charge in [0.25, 0.3) is 0 Å². The summed E-state index contributed by atoms with van der Waals surface area (Å²) in [5.41, 5.74) is 0. The first-order valence-electron chi connectivity index (χ1n) is 4.16. The van der Waals surface area contributed by atoms with E-state index in [2.05, 4.69) is 4.90 Å². The van der Waals surface area contributed by atoms with Crippen LogP contribution < -0.4 is 0 Å². The summed E-state index contributed by atoms with van der Waals surface area (Å²) in [4.78, 5) is 12.7. The Bertz CT molecular complexity index is 183. The number of nitrogens with zero attached hydrogens (tertiary/aromatic N) is 2. The van der Waals surface area contributed by atoms with Crippen LogP contribution in [0.25, 0.3) is 0 Å². The van der Waals surface area contributed by atoms with Crippen LogP contribution in [-0.2, 0) is 0 Å². The minimum absolute atomic E-state index is 0.101. The molecule has 2 heterocycles. The van der Waals surface area contributed by atoms with Gasteiger partial charge in [0.1, 0.15) is 0 Å². The van der Waals surface area contributed by atoms with Crippen molar-refractivity contribution in [3.8, 4) is 0 Å². The van der Waals surface area contributed by atoms with Gasteiger partial charge in [0.2, 0.25) is 6.04 Å². The molecule has 0 radical (unpaired) electrons. The summed E-state index contributed by atoms with van der Waals surface area (Å²) in [7, 11) is 0. The number of rotatable bonds is 1. The molecule has 2 atom stereocenters. The quantitative estimate of drug-likeness (QED) is 0.410. The van der Waals surface area contributed by atoms with Crippen LogP contribution in [-0.4, -0.2) is 35.0 Å². The van der Waals surface area contributed by atoms with Gasteiger partial charge in [-0.25, -0.2) is 0 Å². The predicted molar refractivity (Wildman–Crippen MR) is 40.0 cm³/mol. The van der Waals surface area contributed by atoms with E-state index in [-0.39, 0.29) is 17.0 Å². The summed E-state index contributed by atoms with van der Waals surface area (Å²) in [5.74, 6) is 0. The highest BCUT2D eigenvalue weighted by atomic mass is 16.6. The minimum Gasteiger partial charge on any atom is -0.294 e. The summed E-state index contributed by atoms with van der Waals surface area (Å²) >= 11 is 0. The van der Waals surface area contributed by atoms with E-state index in [1.807, 2.05) is 0 Å². The second-order valence-electron chi connectivity index (χ2n) is 3.39. The van der Waals surface area contributed by atoms with Crippen molar-refractivity contribution in [2.45, 2.75) is 31.3 Å². The third-order valence-corrected chi connectivity index (χ3v) is 2.84. The van der Waals surface area contributed by atoms with Crippen molar-refractivity contribution in [3.05, 3.63) is 10.1 Å². The average molecular weight is 156 g/mol. The lowest BCUT2D eigenvalue weighted by molar-refractivity contribution is -0.524. The zero-order chi connectivity index (χ0) is 7.84. The maximum Gasteiger partial charge on any atom is 0.229 e. The van der Waals surface area contributed by atoms with Crippen LogP contribution >= 0.6 is 0 Å². The van der Waals surface area contributed by atoms with Gasteiger partial charge >= 0.3 is 0 Å². The van der Waals surface area contributed by atoms with Gasteiger partial charge in [-0.15, -0.1) is 0 Å². The predicted octanol–water partition coefficient (Wildman–Crippen LogP) is 0.500. The molecule has 0 spiro atoms. The van der Waals surface area contributed by atoms with Crippen molar-refractivity contribution >= 4 is 0 Å². The Kier molecular flexibility index (Phi) is 1.56. The lowest BCUT2D eigenvalue weighted by Crippen LogP contribution is -2.33. The van der Waals surface area contributed by atoms with Gasteiger partial charge in [-0.1, -0.05) is 0 Å². The van der Waals surface area contributed by atoms with E-state index >= 15 is 0 Å². The molecule has 2 aliphatic rings. The van der Waals surface area contributed by atoms with Gasteiger partial charge in [0.15, 0.2) is 0 Å². The molecule has 4 nitrogen and oxygen atoms in total. The van der Waals surface area contributed by atoms with Crippen molar-refractivity contribution in [2.75, 3.05) is 13.1 Å². The molecule has 0 aromatic heterocycles. The Hall–Kier alpha value is -0.640. The molecule has 0 amide bonds. The van der Waals surface area contributed by atoms with E-state index in [9.17, 15) is 10.1 Å². The lowest BCUT2D eigenvalue weighted by Gasteiger charge is -2.13. The van der Waals surface area contributed by atoms with Crippen molar-refractivity contribution in [1.29, 1.82) is 0 Å². The topological polar surface area (TPSA) is 46.4 Å². The number of nitro groups is 1. The molecule has 0 aromatic rings. The fourth-order valence-electron chi connectivity index (χ4n) is 2.30. The first kappa shape index (κ1) is 7.03. The Morgan fingerprint density at radius 1 is 1.36 bits per heavy atom. The third kappa shape index (κ3) is 1.01. The van der Waals surface area contributed by atoms with Gasteiger partial charge in [-0.05, 0) is 19.4 Å². The maximum absolute atomic E-state index is 10.5. The van der Waals surface area contributed by atoms with Crippen LogP contribution in [0.2, 0.25) is 0 Å². The molecule has 0 N–H and O–H groups in total. The highest BCUT2D eigenvalue weighted by Crippen LogP contribution is 2.29. The van der Waals surface area contributed by atoms with Gasteiger partial charge in [-0.2, -0.15) is 0 Å². The van der Waals surface area contributed by atoms with Crippen LogP contribution in [0, 0.1) is 10.1 Å². The fraction of sp³-hybridized carbons (Fsp3) is 1.00. The third-order valence-electron chi connectivity index (χ3n) is 2.84. The summed E-state index contributed by atoms with van der Waals surface area (Å²) in [6, 6.07) is 0.00231. The Morgan fingerprint density at radius 3 is 2.91 bits per heavy atom. The molecule has 2 aliphatic heterocycles. The second kappa shape index (κ2) is 2.44. The summed E-state index contributed by atoms with van der Waals surface area (Å²) in [6.45, 7) is 2.02. The highest BCUT2D eigenvalue weighted by Gasteiger charge is 2.44. The molecule has 2 fully saturated rings. The normalized spacial score (nSPS) is 37.5. The molecule has 4 heteroatoms. The van der Waals surface area contributed by atoms with Crippen LogP contribution in [0.3, 0.4) is 0 Å². The number of fused-ring (bicyclic) bond motifs is 1. The van der Waals surface area contributed by atoms with Crippen molar-refractivity contribution in [1.82, 2.24) is 4.90 Å². The molecular weight excluding hydrogens is 144 g/mol. The molecule has 0 aliphatic carbocycles. The molecule has 0 aromatic carbocycles. The van der Waals surface area contributed by atoms with E-state index in [1.165, 1.54) is 0 Å². The molecule has 62 valence electrons. The van der Waals surface area contributed by atoms with Crippen LogP contribution in [0.4, 0.5) is 0 Å². The van der Waals surface area contributed by atoms with Crippen LogP contribution in [0.15, 0.2) is 0 Å². The maximum atomic E-state index is 10.5. The summed E-state index contributed by atoms with van der Waals surface area (Å²) in [5, 5.41) is 10.5. The van der Waals surface area contributed by atoms with E-state index in [4.69, 9.17) is 0 Å². The molecule has 0 bridgehead atoms. The Balaban J connectivity index is 2.08. The van der Waals surface area contributed by atoms with Crippen LogP contribution in [0.1, 0.15) is 19.3 Å². The minimum atomic E-state index is -0.266. The largest absolute Gasteiger partial charge is 0.294 e. The van der Waals surface area contributed by atoms with E-state index in [0.29, 0.717) is 0 Å². The first-order valence-corrected chi connectivity index (χ1v) is 4.16. The van der Waals surface area contributed by atoms with E-state index < -0.39 is 0 Å².